The number of hydrogen-bond donors (Lipinski definition) is 1. The Labute approximate surface area is 222 Å². The average molecular weight is 517 g/mol. The molecule has 4 rings (SSSR count). The van der Waals surface area contributed by atoms with E-state index in [4.69, 9.17) is 9.47 Å². The molecule has 1 amide bonds. The van der Waals surface area contributed by atoms with Gasteiger partial charge in [-0.25, -0.2) is 0 Å². The first kappa shape index (κ1) is 26.3. The zero-order valence-electron chi connectivity index (χ0n) is 21.6. The Morgan fingerprint density at radius 1 is 0.973 bits per heavy atom. The Bertz CT molecular complexity index is 1300. The summed E-state index contributed by atoms with van der Waals surface area (Å²) in [4.78, 5) is 12.7. The lowest BCUT2D eigenvalue weighted by atomic mass is 9.99. The molecule has 1 heterocycles. The maximum atomic E-state index is 12.7. The Morgan fingerprint density at radius 2 is 1.65 bits per heavy atom. The van der Waals surface area contributed by atoms with Crippen LogP contribution in [0, 0.1) is 6.92 Å². The second-order valence-electron chi connectivity index (χ2n) is 8.80. The number of rotatable bonds is 11. The summed E-state index contributed by atoms with van der Waals surface area (Å²) in [5.74, 6) is 2.72. The first-order chi connectivity index (χ1) is 18.0. The molecular weight excluding hydrogens is 484 g/mol. The molecule has 1 aromatic heterocycles. The van der Waals surface area contributed by atoms with Gasteiger partial charge in [-0.3, -0.25) is 9.36 Å². The minimum Gasteiger partial charge on any atom is -0.497 e. The van der Waals surface area contributed by atoms with Crippen LogP contribution in [-0.4, -0.2) is 33.5 Å². The highest BCUT2D eigenvalue weighted by Gasteiger charge is 2.17. The summed E-state index contributed by atoms with van der Waals surface area (Å²) in [5.41, 5.74) is 4.07. The van der Waals surface area contributed by atoms with Gasteiger partial charge in [0.05, 0.1) is 12.9 Å². The van der Waals surface area contributed by atoms with Crippen LogP contribution in [0.2, 0.25) is 0 Å². The van der Waals surface area contributed by atoms with Gasteiger partial charge in [0.25, 0.3) is 0 Å². The molecule has 1 N–H and O–H groups in total. The molecule has 0 saturated heterocycles. The topological polar surface area (TPSA) is 78.3 Å². The number of hydrogen-bond acceptors (Lipinski definition) is 6. The van der Waals surface area contributed by atoms with Gasteiger partial charge in [-0.1, -0.05) is 55.4 Å². The van der Waals surface area contributed by atoms with Crippen molar-refractivity contribution in [1.82, 2.24) is 14.8 Å². The molecule has 0 aliphatic carbocycles. The number of carbonyl (C=O) groups is 1. The normalized spacial score (nSPS) is 11.7. The molecule has 0 bridgehead atoms. The SMILES string of the molecule is CC[C@H](C)c1ccc(NC(=O)CSc2nnc(COc3ccc(C)cc3)n2-c2ccc(OC)cc2)cc1. The van der Waals surface area contributed by atoms with Crippen molar-refractivity contribution in [3.05, 3.63) is 89.7 Å². The molecule has 4 aromatic rings. The summed E-state index contributed by atoms with van der Waals surface area (Å²) in [7, 11) is 1.63. The van der Waals surface area contributed by atoms with Crippen LogP contribution in [0.4, 0.5) is 5.69 Å². The molecule has 1 atom stereocenters. The summed E-state index contributed by atoms with van der Waals surface area (Å²) in [6, 6.07) is 23.5. The van der Waals surface area contributed by atoms with Gasteiger partial charge < -0.3 is 14.8 Å². The Morgan fingerprint density at radius 3 is 2.30 bits per heavy atom. The molecule has 0 fully saturated rings. The second kappa shape index (κ2) is 12.5. The van der Waals surface area contributed by atoms with Crippen LogP contribution >= 0.6 is 11.8 Å². The van der Waals surface area contributed by atoms with Gasteiger partial charge in [0.1, 0.15) is 18.1 Å². The zero-order chi connectivity index (χ0) is 26.2. The highest BCUT2D eigenvalue weighted by molar-refractivity contribution is 7.99. The fourth-order valence-corrected chi connectivity index (χ4v) is 4.49. The predicted molar refractivity (Wildman–Crippen MR) is 148 cm³/mol. The summed E-state index contributed by atoms with van der Waals surface area (Å²) >= 11 is 1.33. The van der Waals surface area contributed by atoms with E-state index in [1.54, 1.807) is 7.11 Å². The Kier molecular flexibility index (Phi) is 8.85. The number of carbonyl (C=O) groups excluding carboxylic acids is 1. The number of nitrogens with zero attached hydrogens (tertiary/aromatic N) is 3. The Hall–Kier alpha value is -3.78. The fourth-order valence-electron chi connectivity index (χ4n) is 3.72. The van der Waals surface area contributed by atoms with Crippen LogP contribution in [-0.2, 0) is 11.4 Å². The molecule has 8 heteroatoms. The maximum Gasteiger partial charge on any atom is 0.234 e. The highest BCUT2D eigenvalue weighted by Crippen LogP contribution is 2.26. The number of aromatic nitrogens is 3. The summed E-state index contributed by atoms with van der Waals surface area (Å²) in [6.45, 7) is 6.63. The van der Waals surface area contributed by atoms with Crippen LogP contribution in [0.25, 0.3) is 5.69 Å². The number of methoxy groups -OCH3 is 1. The molecule has 0 aliphatic heterocycles. The van der Waals surface area contributed by atoms with Gasteiger partial charge in [0.15, 0.2) is 11.0 Å². The molecule has 0 aliphatic rings. The van der Waals surface area contributed by atoms with Crippen LogP contribution < -0.4 is 14.8 Å². The fraction of sp³-hybridized carbons (Fsp3) is 0.276. The minimum absolute atomic E-state index is 0.108. The molecule has 0 unspecified atom stereocenters. The van der Waals surface area contributed by atoms with E-state index in [2.05, 4.69) is 41.5 Å². The van der Waals surface area contributed by atoms with Crippen molar-refractivity contribution in [2.24, 2.45) is 0 Å². The number of amides is 1. The van der Waals surface area contributed by atoms with Crippen molar-refractivity contribution in [2.75, 3.05) is 18.2 Å². The van der Waals surface area contributed by atoms with Crippen molar-refractivity contribution in [2.45, 2.75) is 44.9 Å². The molecule has 0 radical (unpaired) electrons. The molecule has 0 spiro atoms. The van der Waals surface area contributed by atoms with Crippen LogP contribution in [0.1, 0.15) is 43.1 Å². The van der Waals surface area contributed by atoms with Crippen molar-refractivity contribution in [1.29, 1.82) is 0 Å². The standard InChI is InChI=1S/C29H32N4O3S/c1-5-21(3)22-8-10-23(11-9-22)30-28(34)19-37-29-32-31-27(18-36-26-14-6-20(2)7-15-26)33(29)24-12-16-25(35-4)17-13-24/h6-17,21H,5,18-19H2,1-4H3,(H,30,34)/t21-/m0/s1. The number of aryl methyl sites for hydroxylation is 1. The van der Waals surface area contributed by atoms with Gasteiger partial charge in [-0.15, -0.1) is 10.2 Å². The van der Waals surface area contributed by atoms with E-state index in [9.17, 15) is 4.79 Å². The van der Waals surface area contributed by atoms with Crippen molar-refractivity contribution in [3.63, 3.8) is 0 Å². The minimum atomic E-state index is -0.108. The lowest BCUT2D eigenvalue weighted by Gasteiger charge is -2.12. The van der Waals surface area contributed by atoms with Gasteiger partial charge in [-0.05, 0) is 73.4 Å². The number of ether oxygens (including phenoxy) is 2. The molecule has 37 heavy (non-hydrogen) atoms. The summed E-state index contributed by atoms with van der Waals surface area (Å²) in [6.07, 6.45) is 1.08. The lowest BCUT2D eigenvalue weighted by Crippen LogP contribution is -2.15. The Balaban J connectivity index is 1.47. The third-order valence-corrected chi connectivity index (χ3v) is 7.06. The predicted octanol–water partition coefficient (Wildman–Crippen LogP) is 6.41. The van der Waals surface area contributed by atoms with E-state index >= 15 is 0 Å². The monoisotopic (exact) mass is 516 g/mol. The van der Waals surface area contributed by atoms with Gasteiger partial charge in [-0.2, -0.15) is 0 Å². The molecule has 3 aromatic carbocycles. The molecule has 7 nitrogen and oxygen atoms in total. The average Bonchev–Trinajstić information content (AvgIpc) is 3.34. The molecule has 192 valence electrons. The lowest BCUT2D eigenvalue weighted by molar-refractivity contribution is -0.113. The molecular formula is C29H32N4O3S. The van der Waals surface area contributed by atoms with Crippen LogP contribution in [0.15, 0.2) is 78.0 Å². The third kappa shape index (κ3) is 6.92. The third-order valence-electron chi connectivity index (χ3n) is 6.13. The van der Waals surface area contributed by atoms with E-state index in [0.29, 0.717) is 16.9 Å². The number of benzene rings is 3. The van der Waals surface area contributed by atoms with Crippen molar-refractivity contribution < 1.29 is 14.3 Å². The highest BCUT2D eigenvalue weighted by atomic mass is 32.2. The number of anilines is 1. The van der Waals surface area contributed by atoms with Crippen LogP contribution in [0.3, 0.4) is 0 Å². The van der Waals surface area contributed by atoms with E-state index in [0.717, 1.165) is 34.9 Å². The summed E-state index contributed by atoms with van der Waals surface area (Å²) in [5, 5.41) is 12.3. The first-order valence-corrected chi connectivity index (χ1v) is 13.3. The maximum absolute atomic E-state index is 12.7. The van der Waals surface area contributed by atoms with Crippen molar-refractivity contribution in [3.8, 4) is 17.2 Å². The van der Waals surface area contributed by atoms with Crippen molar-refractivity contribution >= 4 is 23.4 Å². The molecule has 0 saturated carbocycles. The smallest absolute Gasteiger partial charge is 0.234 e. The van der Waals surface area contributed by atoms with E-state index in [1.165, 1.54) is 17.3 Å². The van der Waals surface area contributed by atoms with E-state index in [-0.39, 0.29) is 18.3 Å². The van der Waals surface area contributed by atoms with E-state index in [1.807, 2.05) is 72.2 Å². The quantitative estimate of drug-likeness (QED) is 0.232. The first-order valence-electron chi connectivity index (χ1n) is 12.3. The zero-order valence-corrected chi connectivity index (χ0v) is 22.4. The number of thioether (sulfide) groups is 1. The summed E-state index contributed by atoms with van der Waals surface area (Å²) < 4.78 is 13.2. The van der Waals surface area contributed by atoms with Gasteiger partial charge in [0.2, 0.25) is 5.91 Å². The number of nitrogens with one attached hydrogen (secondary N) is 1. The van der Waals surface area contributed by atoms with Gasteiger partial charge in [0, 0.05) is 11.4 Å². The van der Waals surface area contributed by atoms with Gasteiger partial charge >= 0.3 is 0 Å². The van der Waals surface area contributed by atoms with E-state index < -0.39 is 0 Å². The second-order valence-corrected chi connectivity index (χ2v) is 9.74. The largest absolute Gasteiger partial charge is 0.497 e. The van der Waals surface area contributed by atoms with Crippen LogP contribution in [0.5, 0.6) is 11.5 Å².